The zero-order valence-corrected chi connectivity index (χ0v) is 14.3. The van der Waals surface area contributed by atoms with Gasteiger partial charge in [-0.05, 0) is 50.1 Å². The molecule has 0 aromatic heterocycles. The van der Waals surface area contributed by atoms with Gasteiger partial charge in [-0.2, -0.15) is 0 Å². The van der Waals surface area contributed by atoms with E-state index in [0.29, 0.717) is 18.0 Å². The summed E-state index contributed by atoms with van der Waals surface area (Å²) in [6.45, 7) is 0.261. The number of para-hydroxylation sites is 2. The first-order valence-corrected chi connectivity index (χ1v) is 7.85. The van der Waals surface area contributed by atoms with Crippen molar-refractivity contribution in [1.82, 2.24) is 0 Å². The van der Waals surface area contributed by atoms with Crippen molar-refractivity contribution in [3.05, 3.63) is 57.0 Å². The predicted octanol–water partition coefficient (Wildman–Crippen LogP) is 3.69. The summed E-state index contributed by atoms with van der Waals surface area (Å²) in [6.07, 6.45) is 0. The maximum Gasteiger partial charge on any atom is 0.262 e. The Morgan fingerprint density at radius 1 is 1.10 bits per heavy atom. The van der Waals surface area contributed by atoms with Gasteiger partial charge in [-0.15, -0.1) is 0 Å². The Kier molecular flexibility index (Phi) is 5.78. The normalized spacial score (nSPS) is 10.2. The third kappa shape index (κ3) is 4.30. The SMILES string of the molecule is NCc1cccc(Br)c1OCC(=O)Nc1ccccc1Br. The van der Waals surface area contributed by atoms with Crippen LogP contribution in [0.3, 0.4) is 0 Å². The molecule has 21 heavy (non-hydrogen) atoms. The molecular formula is C15H14Br2N2O2. The molecule has 0 saturated heterocycles. The minimum Gasteiger partial charge on any atom is -0.482 e. The van der Waals surface area contributed by atoms with E-state index in [9.17, 15) is 4.79 Å². The molecule has 0 bridgehead atoms. The maximum absolute atomic E-state index is 11.9. The Morgan fingerprint density at radius 3 is 2.52 bits per heavy atom. The van der Waals surface area contributed by atoms with Crippen LogP contribution >= 0.6 is 31.9 Å². The van der Waals surface area contributed by atoms with E-state index >= 15 is 0 Å². The fraction of sp³-hybridized carbons (Fsp3) is 0.133. The molecular weight excluding hydrogens is 400 g/mol. The summed E-state index contributed by atoms with van der Waals surface area (Å²) in [5.74, 6) is 0.364. The molecule has 6 heteroatoms. The molecule has 0 aliphatic rings. The smallest absolute Gasteiger partial charge is 0.262 e. The average molecular weight is 414 g/mol. The minimum atomic E-state index is -0.236. The molecule has 0 aliphatic carbocycles. The van der Waals surface area contributed by atoms with Crippen molar-refractivity contribution in [3.63, 3.8) is 0 Å². The Balaban J connectivity index is 2.01. The molecule has 0 heterocycles. The number of amides is 1. The van der Waals surface area contributed by atoms with Crippen molar-refractivity contribution in [2.24, 2.45) is 5.73 Å². The predicted molar refractivity (Wildman–Crippen MR) is 90.3 cm³/mol. The number of nitrogens with two attached hydrogens (primary N) is 1. The second-order valence-corrected chi connectivity index (χ2v) is 5.96. The number of rotatable bonds is 5. The quantitative estimate of drug-likeness (QED) is 0.785. The summed E-state index contributed by atoms with van der Waals surface area (Å²) in [5.41, 5.74) is 7.21. The second kappa shape index (κ2) is 7.59. The monoisotopic (exact) mass is 412 g/mol. The van der Waals surface area contributed by atoms with Crippen molar-refractivity contribution in [1.29, 1.82) is 0 Å². The molecule has 2 aromatic rings. The number of anilines is 1. The molecule has 4 nitrogen and oxygen atoms in total. The Labute approximate surface area is 139 Å². The Bertz CT molecular complexity index is 647. The minimum absolute atomic E-state index is 0.0864. The largest absolute Gasteiger partial charge is 0.482 e. The van der Waals surface area contributed by atoms with Gasteiger partial charge < -0.3 is 15.8 Å². The molecule has 2 aromatic carbocycles. The molecule has 0 spiro atoms. The van der Waals surface area contributed by atoms with Crippen LogP contribution in [0.1, 0.15) is 5.56 Å². The Morgan fingerprint density at radius 2 is 1.81 bits per heavy atom. The average Bonchev–Trinajstić information content (AvgIpc) is 2.48. The van der Waals surface area contributed by atoms with Crippen LogP contribution in [0.4, 0.5) is 5.69 Å². The summed E-state index contributed by atoms with van der Waals surface area (Å²) in [5, 5.41) is 2.78. The van der Waals surface area contributed by atoms with Gasteiger partial charge >= 0.3 is 0 Å². The highest BCUT2D eigenvalue weighted by Crippen LogP contribution is 2.29. The van der Waals surface area contributed by atoms with Gasteiger partial charge in [0.15, 0.2) is 6.61 Å². The highest BCUT2D eigenvalue weighted by Gasteiger charge is 2.10. The van der Waals surface area contributed by atoms with E-state index in [1.54, 1.807) is 0 Å². The lowest BCUT2D eigenvalue weighted by Crippen LogP contribution is -2.21. The van der Waals surface area contributed by atoms with E-state index in [4.69, 9.17) is 10.5 Å². The molecule has 2 rings (SSSR count). The second-order valence-electron chi connectivity index (χ2n) is 4.25. The first-order valence-electron chi connectivity index (χ1n) is 6.26. The molecule has 0 aliphatic heterocycles. The van der Waals surface area contributed by atoms with Crippen molar-refractivity contribution >= 4 is 43.5 Å². The van der Waals surface area contributed by atoms with Crippen molar-refractivity contribution < 1.29 is 9.53 Å². The van der Waals surface area contributed by atoms with E-state index < -0.39 is 0 Å². The maximum atomic E-state index is 11.9. The summed E-state index contributed by atoms with van der Waals surface area (Å²) in [7, 11) is 0. The fourth-order valence-corrected chi connectivity index (χ4v) is 2.67. The topological polar surface area (TPSA) is 64.3 Å². The molecule has 0 saturated carbocycles. The summed E-state index contributed by atoms with van der Waals surface area (Å²) in [6, 6.07) is 13.0. The van der Waals surface area contributed by atoms with E-state index in [0.717, 1.165) is 14.5 Å². The van der Waals surface area contributed by atoms with Gasteiger partial charge in [0, 0.05) is 16.6 Å². The van der Waals surface area contributed by atoms with Crippen LogP contribution in [-0.2, 0) is 11.3 Å². The standard InChI is InChI=1S/C15H14Br2N2O2/c16-11-5-1-2-7-13(11)19-14(20)9-21-15-10(8-18)4-3-6-12(15)17/h1-7H,8-9,18H2,(H,19,20). The van der Waals surface area contributed by atoms with Gasteiger partial charge in [0.1, 0.15) is 5.75 Å². The fourth-order valence-electron chi connectivity index (χ4n) is 1.76. The summed E-state index contributed by atoms with van der Waals surface area (Å²) >= 11 is 6.77. The third-order valence-electron chi connectivity index (χ3n) is 2.76. The molecule has 3 N–H and O–H groups in total. The molecule has 0 fully saturated rings. The van der Waals surface area contributed by atoms with Gasteiger partial charge in [-0.25, -0.2) is 0 Å². The number of hydrogen-bond donors (Lipinski definition) is 2. The van der Waals surface area contributed by atoms with Crippen LogP contribution in [0.25, 0.3) is 0 Å². The molecule has 0 atom stereocenters. The van der Waals surface area contributed by atoms with Gasteiger partial charge in [0.05, 0.1) is 10.2 Å². The van der Waals surface area contributed by atoms with E-state index in [1.807, 2.05) is 42.5 Å². The number of nitrogens with one attached hydrogen (secondary N) is 1. The third-order valence-corrected chi connectivity index (χ3v) is 4.08. The van der Waals surface area contributed by atoms with E-state index in [1.165, 1.54) is 0 Å². The lowest BCUT2D eigenvalue weighted by Gasteiger charge is -2.12. The zero-order valence-electron chi connectivity index (χ0n) is 11.1. The first kappa shape index (κ1) is 16.0. The number of carbonyl (C=O) groups is 1. The highest BCUT2D eigenvalue weighted by molar-refractivity contribution is 9.11. The highest BCUT2D eigenvalue weighted by atomic mass is 79.9. The van der Waals surface area contributed by atoms with Crippen LogP contribution in [0.5, 0.6) is 5.75 Å². The molecule has 1 amide bonds. The number of hydrogen-bond acceptors (Lipinski definition) is 3. The number of ether oxygens (including phenoxy) is 1. The van der Waals surface area contributed by atoms with Crippen LogP contribution in [-0.4, -0.2) is 12.5 Å². The van der Waals surface area contributed by atoms with Gasteiger partial charge in [-0.3, -0.25) is 4.79 Å². The number of benzene rings is 2. The lowest BCUT2D eigenvalue weighted by molar-refractivity contribution is -0.118. The summed E-state index contributed by atoms with van der Waals surface area (Å²) < 4.78 is 7.18. The van der Waals surface area contributed by atoms with E-state index in [2.05, 4.69) is 37.2 Å². The van der Waals surface area contributed by atoms with E-state index in [-0.39, 0.29) is 12.5 Å². The zero-order chi connectivity index (χ0) is 15.2. The van der Waals surface area contributed by atoms with Gasteiger partial charge in [0.2, 0.25) is 0 Å². The first-order chi connectivity index (χ1) is 10.1. The number of halogens is 2. The Hall–Kier alpha value is -1.37. The van der Waals surface area contributed by atoms with Crippen molar-refractivity contribution in [2.75, 3.05) is 11.9 Å². The molecule has 0 radical (unpaired) electrons. The van der Waals surface area contributed by atoms with Crippen molar-refractivity contribution in [2.45, 2.75) is 6.54 Å². The number of carbonyl (C=O) groups excluding carboxylic acids is 1. The van der Waals surface area contributed by atoms with Crippen LogP contribution in [0.2, 0.25) is 0 Å². The van der Waals surface area contributed by atoms with Crippen LogP contribution < -0.4 is 15.8 Å². The molecule has 0 unspecified atom stereocenters. The van der Waals surface area contributed by atoms with Crippen molar-refractivity contribution in [3.8, 4) is 5.75 Å². The van der Waals surface area contributed by atoms with Crippen LogP contribution in [0.15, 0.2) is 51.4 Å². The van der Waals surface area contributed by atoms with Crippen LogP contribution in [0, 0.1) is 0 Å². The van der Waals surface area contributed by atoms with Gasteiger partial charge in [0.25, 0.3) is 5.91 Å². The summed E-state index contributed by atoms with van der Waals surface area (Å²) in [4.78, 5) is 11.9. The molecule has 110 valence electrons. The van der Waals surface area contributed by atoms with Gasteiger partial charge in [-0.1, -0.05) is 24.3 Å². The lowest BCUT2D eigenvalue weighted by atomic mass is 10.2.